The van der Waals surface area contributed by atoms with Crippen LogP contribution in [0.15, 0.2) is 48.5 Å². The van der Waals surface area contributed by atoms with E-state index in [1.165, 1.54) is 11.1 Å². The molecular formula is C17H19ClO. The van der Waals surface area contributed by atoms with Gasteiger partial charge in [0.15, 0.2) is 0 Å². The molecule has 1 atom stereocenters. The van der Waals surface area contributed by atoms with Crippen molar-refractivity contribution in [3.8, 4) is 5.75 Å². The van der Waals surface area contributed by atoms with Crippen LogP contribution in [-0.2, 0) is 12.8 Å². The molecule has 1 unspecified atom stereocenters. The van der Waals surface area contributed by atoms with Crippen molar-refractivity contribution in [3.63, 3.8) is 0 Å². The van der Waals surface area contributed by atoms with Gasteiger partial charge in [0.05, 0.1) is 0 Å². The number of rotatable bonds is 5. The second kappa shape index (κ2) is 6.63. The standard InChI is InChI=1S/C17H19ClO/c1-13-5-7-14(8-6-13)9-16(12-18)10-15-3-2-4-17(19)11-15/h2-8,11,16,19H,9-10,12H2,1H3. The zero-order chi connectivity index (χ0) is 13.7. The normalized spacial score (nSPS) is 12.3. The summed E-state index contributed by atoms with van der Waals surface area (Å²) < 4.78 is 0. The number of hydrogen-bond donors (Lipinski definition) is 1. The van der Waals surface area contributed by atoms with Crippen LogP contribution in [0.3, 0.4) is 0 Å². The highest BCUT2D eigenvalue weighted by molar-refractivity contribution is 6.18. The number of hydrogen-bond acceptors (Lipinski definition) is 1. The molecule has 2 aromatic rings. The van der Waals surface area contributed by atoms with Crippen molar-refractivity contribution in [3.05, 3.63) is 65.2 Å². The highest BCUT2D eigenvalue weighted by Crippen LogP contribution is 2.19. The number of alkyl halides is 1. The average molecular weight is 275 g/mol. The number of benzene rings is 2. The van der Waals surface area contributed by atoms with Gasteiger partial charge in [-0.15, -0.1) is 11.6 Å². The lowest BCUT2D eigenvalue weighted by Gasteiger charge is -2.14. The molecule has 0 heterocycles. The Hall–Kier alpha value is -1.47. The Morgan fingerprint density at radius 3 is 2.32 bits per heavy atom. The number of halogens is 1. The number of aryl methyl sites for hydroxylation is 1. The fourth-order valence-corrected chi connectivity index (χ4v) is 2.47. The zero-order valence-corrected chi connectivity index (χ0v) is 11.9. The zero-order valence-electron chi connectivity index (χ0n) is 11.1. The van der Waals surface area contributed by atoms with E-state index in [1.54, 1.807) is 6.07 Å². The predicted octanol–water partition coefficient (Wildman–Crippen LogP) is 4.34. The molecule has 0 amide bonds. The maximum Gasteiger partial charge on any atom is 0.115 e. The summed E-state index contributed by atoms with van der Waals surface area (Å²) >= 11 is 6.08. The lowest BCUT2D eigenvalue weighted by molar-refractivity contribution is 0.473. The second-order valence-corrected chi connectivity index (χ2v) is 5.39. The van der Waals surface area contributed by atoms with Gasteiger partial charge >= 0.3 is 0 Å². The molecule has 0 saturated carbocycles. The molecule has 0 spiro atoms. The first-order valence-corrected chi connectivity index (χ1v) is 7.10. The molecule has 2 heteroatoms. The van der Waals surface area contributed by atoms with Crippen LogP contribution in [0, 0.1) is 12.8 Å². The van der Waals surface area contributed by atoms with Gasteiger partial charge in [-0.05, 0) is 48.9 Å². The Kier molecular flexibility index (Phi) is 4.86. The van der Waals surface area contributed by atoms with Gasteiger partial charge in [0.1, 0.15) is 5.75 Å². The highest BCUT2D eigenvalue weighted by Gasteiger charge is 2.10. The third-order valence-electron chi connectivity index (χ3n) is 3.30. The monoisotopic (exact) mass is 274 g/mol. The van der Waals surface area contributed by atoms with Crippen molar-refractivity contribution < 1.29 is 5.11 Å². The summed E-state index contributed by atoms with van der Waals surface area (Å²) in [7, 11) is 0. The van der Waals surface area contributed by atoms with Crippen molar-refractivity contribution >= 4 is 11.6 Å². The van der Waals surface area contributed by atoms with Gasteiger partial charge in [0.2, 0.25) is 0 Å². The van der Waals surface area contributed by atoms with Crippen LogP contribution in [0.1, 0.15) is 16.7 Å². The first-order chi connectivity index (χ1) is 9.17. The van der Waals surface area contributed by atoms with Gasteiger partial charge in [-0.2, -0.15) is 0 Å². The Labute approximate surface area is 119 Å². The SMILES string of the molecule is Cc1ccc(CC(CCl)Cc2cccc(O)c2)cc1. The van der Waals surface area contributed by atoms with E-state index in [-0.39, 0.29) is 0 Å². The summed E-state index contributed by atoms with van der Waals surface area (Å²) in [6, 6.07) is 16.0. The van der Waals surface area contributed by atoms with E-state index in [0.717, 1.165) is 18.4 Å². The molecule has 0 aliphatic carbocycles. The van der Waals surface area contributed by atoms with Gasteiger partial charge < -0.3 is 5.11 Å². The summed E-state index contributed by atoms with van der Waals surface area (Å²) in [4.78, 5) is 0. The molecule has 0 aliphatic heterocycles. The minimum Gasteiger partial charge on any atom is -0.508 e. The first-order valence-electron chi connectivity index (χ1n) is 6.57. The first kappa shape index (κ1) is 14.0. The quantitative estimate of drug-likeness (QED) is 0.804. The Morgan fingerprint density at radius 1 is 1.00 bits per heavy atom. The molecule has 0 radical (unpaired) electrons. The van der Waals surface area contributed by atoms with Gasteiger partial charge in [-0.25, -0.2) is 0 Å². The number of phenols is 1. The lowest BCUT2D eigenvalue weighted by Crippen LogP contribution is -2.10. The van der Waals surface area contributed by atoms with Crippen molar-refractivity contribution in [1.82, 2.24) is 0 Å². The molecular weight excluding hydrogens is 256 g/mol. The lowest BCUT2D eigenvalue weighted by atomic mass is 9.93. The second-order valence-electron chi connectivity index (χ2n) is 5.08. The molecule has 0 bridgehead atoms. The Morgan fingerprint density at radius 2 is 1.68 bits per heavy atom. The smallest absolute Gasteiger partial charge is 0.115 e. The summed E-state index contributed by atoms with van der Waals surface area (Å²) in [5.74, 6) is 1.34. The Bertz CT molecular complexity index is 519. The topological polar surface area (TPSA) is 20.2 Å². The molecule has 19 heavy (non-hydrogen) atoms. The van der Waals surface area contributed by atoms with Crippen LogP contribution in [0.4, 0.5) is 0 Å². The van der Waals surface area contributed by atoms with E-state index >= 15 is 0 Å². The highest BCUT2D eigenvalue weighted by atomic mass is 35.5. The number of aromatic hydroxyl groups is 1. The predicted molar refractivity (Wildman–Crippen MR) is 80.9 cm³/mol. The van der Waals surface area contributed by atoms with Crippen molar-refractivity contribution in [2.75, 3.05) is 5.88 Å². The van der Waals surface area contributed by atoms with E-state index in [4.69, 9.17) is 11.6 Å². The molecule has 1 N–H and O–H groups in total. The van der Waals surface area contributed by atoms with E-state index in [9.17, 15) is 5.11 Å². The molecule has 0 fully saturated rings. The fourth-order valence-electron chi connectivity index (χ4n) is 2.26. The van der Waals surface area contributed by atoms with Crippen LogP contribution < -0.4 is 0 Å². The van der Waals surface area contributed by atoms with Crippen LogP contribution in [0.5, 0.6) is 5.75 Å². The van der Waals surface area contributed by atoms with Crippen molar-refractivity contribution in [1.29, 1.82) is 0 Å². The minimum absolute atomic E-state index is 0.321. The molecule has 2 rings (SSSR count). The molecule has 0 aromatic heterocycles. The maximum atomic E-state index is 9.49. The number of phenolic OH excluding ortho intramolecular Hbond substituents is 1. The summed E-state index contributed by atoms with van der Waals surface area (Å²) in [5.41, 5.74) is 3.73. The van der Waals surface area contributed by atoms with Crippen LogP contribution >= 0.6 is 11.6 Å². The van der Waals surface area contributed by atoms with Crippen LogP contribution in [-0.4, -0.2) is 11.0 Å². The molecule has 2 aromatic carbocycles. The molecule has 0 saturated heterocycles. The summed E-state index contributed by atoms with van der Waals surface area (Å²) in [6.07, 6.45) is 1.87. The van der Waals surface area contributed by atoms with E-state index in [2.05, 4.69) is 31.2 Å². The average Bonchev–Trinajstić information content (AvgIpc) is 2.40. The maximum absolute atomic E-state index is 9.49. The van der Waals surface area contributed by atoms with Gasteiger partial charge in [-0.3, -0.25) is 0 Å². The summed E-state index contributed by atoms with van der Waals surface area (Å²) in [6.45, 7) is 2.09. The van der Waals surface area contributed by atoms with Gasteiger partial charge in [0.25, 0.3) is 0 Å². The minimum atomic E-state index is 0.321. The third kappa shape index (κ3) is 4.29. The molecule has 100 valence electrons. The Balaban J connectivity index is 2.02. The van der Waals surface area contributed by atoms with Gasteiger partial charge in [-0.1, -0.05) is 42.0 Å². The van der Waals surface area contributed by atoms with Crippen LogP contribution in [0.25, 0.3) is 0 Å². The van der Waals surface area contributed by atoms with E-state index < -0.39 is 0 Å². The molecule has 1 nitrogen and oxygen atoms in total. The van der Waals surface area contributed by atoms with E-state index in [0.29, 0.717) is 17.5 Å². The third-order valence-corrected chi connectivity index (χ3v) is 3.73. The fraction of sp³-hybridized carbons (Fsp3) is 0.294. The van der Waals surface area contributed by atoms with Crippen molar-refractivity contribution in [2.24, 2.45) is 5.92 Å². The van der Waals surface area contributed by atoms with Gasteiger partial charge in [0, 0.05) is 5.88 Å². The van der Waals surface area contributed by atoms with Crippen LogP contribution in [0.2, 0.25) is 0 Å². The largest absolute Gasteiger partial charge is 0.508 e. The van der Waals surface area contributed by atoms with E-state index in [1.807, 2.05) is 18.2 Å². The summed E-state index contributed by atoms with van der Waals surface area (Å²) in [5, 5.41) is 9.49. The molecule has 0 aliphatic rings. The van der Waals surface area contributed by atoms with Crippen molar-refractivity contribution in [2.45, 2.75) is 19.8 Å².